The lowest BCUT2D eigenvalue weighted by Gasteiger charge is -2.16. The van der Waals surface area contributed by atoms with Gasteiger partial charge in [0.2, 0.25) is 0 Å². The molecule has 0 amide bonds. The van der Waals surface area contributed by atoms with Crippen molar-refractivity contribution in [1.29, 1.82) is 0 Å². The lowest BCUT2D eigenvalue weighted by molar-refractivity contribution is 0.455. The van der Waals surface area contributed by atoms with Crippen molar-refractivity contribution in [2.45, 2.75) is 13.3 Å². The van der Waals surface area contributed by atoms with Gasteiger partial charge in [0.15, 0.2) is 0 Å². The summed E-state index contributed by atoms with van der Waals surface area (Å²) in [5.41, 5.74) is 7.01. The number of benzene rings is 1. The van der Waals surface area contributed by atoms with Crippen molar-refractivity contribution in [2.75, 3.05) is 12.0 Å². The number of aromatic nitrogens is 2. The lowest BCUT2D eigenvalue weighted by Crippen LogP contribution is -2.19. The van der Waals surface area contributed by atoms with Gasteiger partial charge in [-0.15, -0.1) is 0 Å². The first kappa shape index (κ1) is 15.7. The van der Waals surface area contributed by atoms with Gasteiger partial charge in [0.25, 0.3) is 0 Å². The average Bonchev–Trinajstić information content (AvgIpc) is 2.98. The van der Waals surface area contributed by atoms with Gasteiger partial charge in [-0.2, -0.15) is 10.2 Å². The van der Waals surface area contributed by atoms with Crippen LogP contribution >= 0.6 is 22.6 Å². The van der Waals surface area contributed by atoms with E-state index in [4.69, 9.17) is 0 Å². The molecule has 2 unspecified atom stereocenters. The number of fused-ring (bicyclic) bond motifs is 1. The number of hydrogen-bond donors (Lipinski definition) is 1. The van der Waals surface area contributed by atoms with Gasteiger partial charge in [0.1, 0.15) is 5.71 Å². The highest BCUT2D eigenvalue weighted by atomic mass is 127. The minimum absolute atomic E-state index is 0.794. The van der Waals surface area contributed by atoms with Crippen LogP contribution in [0.1, 0.15) is 13.3 Å². The monoisotopic (exact) mass is 433 g/mol. The minimum Gasteiger partial charge on any atom is -0.345 e. The van der Waals surface area contributed by atoms with Crippen molar-refractivity contribution in [3.8, 4) is 0 Å². The van der Waals surface area contributed by atoms with Gasteiger partial charge >= 0.3 is 0 Å². The van der Waals surface area contributed by atoms with Gasteiger partial charge in [-0.3, -0.25) is 10.1 Å². The summed E-state index contributed by atoms with van der Waals surface area (Å²) in [7, 11) is 1.93. The molecule has 1 aromatic heterocycles. The molecule has 2 aromatic rings. The number of aryl methyl sites for hydroxylation is 1. The van der Waals surface area contributed by atoms with E-state index in [0.717, 1.165) is 50.0 Å². The summed E-state index contributed by atoms with van der Waals surface area (Å²) in [5.74, 6) is 1.64. The zero-order valence-corrected chi connectivity index (χ0v) is 16.0. The highest BCUT2D eigenvalue weighted by molar-refractivity contribution is 14.1. The minimum atomic E-state index is 0.794. The molecule has 5 nitrogen and oxygen atoms in total. The Morgan fingerprint density at radius 2 is 2.25 bits per heavy atom. The van der Waals surface area contributed by atoms with Crippen LogP contribution in [-0.4, -0.2) is 26.9 Å². The van der Waals surface area contributed by atoms with Crippen LogP contribution in [0.25, 0.3) is 10.9 Å². The fraction of sp³-hybridized carbons (Fsp3) is 0.333. The standard InChI is InChI=1S/C18H20IN5/c1-11-6-13(11)9-24-10-16(19)18(12(24)2)21-20-15-4-5-17-14(7-15)8-23(3)22-17/h4-5,7-8,10-11,13,20H,2,6,9H2,1,3H3/b21-18+. The Hall–Kier alpha value is -1.83. The molecule has 1 saturated carbocycles. The largest absolute Gasteiger partial charge is 0.345 e. The van der Waals surface area contributed by atoms with Crippen LogP contribution in [0, 0.1) is 11.8 Å². The molecule has 2 heterocycles. The maximum absolute atomic E-state index is 4.59. The van der Waals surface area contributed by atoms with E-state index in [2.05, 4.69) is 68.9 Å². The van der Waals surface area contributed by atoms with E-state index in [9.17, 15) is 0 Å². The molecule has 124 valence electrons. The molecular formula is C18H20IN5. The Morgan fingerprint density at radius 3 is 3.00 bits per heavy atom. The first-order valence-corrected chi connectivity index (χ1v) is 9.20. The molecule has 0 bridgehead atoms. The Bertz CT molecular complexity index is 879. The normalized spacial score (nSPS) is 24.8. The van der Waals surface area contributed by atoms with Crippen LogP contribution in [0.3, 0.4) is 0 Å². The van der Waals surface area contributed by atoms with Gasteiger partial charge in [-0.25, -0.2) is 0 Å². The second kappa shape index (κ2) is 5.91. The molecule has 4 rings (SSSR count). The number of hydrogen-bond acceptors (Lipinski definition) is 4. The molecule has 6 heteroatoms. The SMILES string of the molecule is C=C1/C(=N\Nc2ccc3nn(C)cc3c2)C(I)=CN1CC1CC1C. The molecule has 0 spiro atoms. The van der Waals surface area contributed by atoms with Crippen molar-refractivity contribution >= 4 is 44.9 Å². The number of allylic oxidation sites excluding steroid dienone is 1. The van der Waals surface area contributed by atoms with E-state index in [1.807, 2.05) is 30.1 Å². The van der Waals surface area contributed by atoms with Crippen molar-refractivity contribution in [1.82, 2.24) is 14.7 Å². The second-order valence-corrected chi connectivity index (χ2v) is 7.86. The molecule has 2 atom stereocenters. The van der Waals surface area contributed by atoms with E-state index in [1.54, 1.807) is 0 Å². The summed E-state index contributed by atoms with van der Waals surface area (Å²) in [4.78, 5) is 2.24. The van der Waals surface area contributed by atoms with Crippen LogP contribution < -0.4 is 5.43 Å². The van der Waals surface area contributed by atoms with Crippen molar-refractivity contribution in [3.63, 3.8) is 0 Å². The molecule has 2 aliphatic rings. The molecule has 1 N–H and O–H groups in total. The zero-order valence-electron chi connectivity index (χ0n) is 13.8. The van der Waals surface area contributed by atoms with E-state index in [0.29, 0.717) is 0 Å². The number of hydrazone groups is 1. The molecule has 24 heavy (non-hydrogen) atoms. The highest BCUT2D eigenvalue weighted by Crippen LogP contribution is 2.40. The molecule has 0 saturated heterocycles. The van der Waals surface area contributed by atoms with Gasteiger partial charge in [-0.05, 0) is 59.0 Å². The number of halogens is 1. The number of rotatable bonds is 4. The second-order valence-electron chi connectivity index (χ2n) is 6.70. The number of anilines is 1. The highest BCUT2D eigenvalue weighted by Gasteiger charge is 2.36. The topological polar surface area (TPSA) is 45.5 Å². The molecule has 0 radical (unpaired) electrons. The van der Waals surface area contributed by atoms with Gasteiger partial charge in [0, 0.05) is 31.4 Å². The van der Waals surface area contributed by atoms with Crippen LogP contribution in [0.2, 0.25) is 0 Å². The molecule has 1 fully saturated rings. The lowest BCUT2D eigenvalue weighted by atomic mass is 10.2. The van der Waals surface area contributed by atoms with Crippen LogP contribution in [0.15, 0.2) is 51.6 Å². The van der Waals surface area contributed by atoms with E-state index < -0.39 is 0 Å². The Kier molecular flexibility index (Phi) is 3.86. The third-order valence-electron chi connectivity index (χ3n) is 4.74. The average molecular weight is 433 g/mol. The quantitative estimate of drug-likeness (QED) is 0.584. The fourth-order valence-corrected chi connectivity index (χ4v) is 3.84. The predicted molar refractivity (Wildman–Crippen MR) is 107 cm³/mol. The van der Waals surface area contributed by atoms with Crippen molar-refractivity contribution in [2.24, 2.45) is 24.0 Å². The first-order valence-electron chi connectivity index (χ1n) is 8.12. The Balaban J connectivity index is 1.50. The fourth-order valence-electron chi connectivity index (χ4n) is 3.08. The summed E-state index contributed by atoms with van der Waals surface area (Å²) >= 11 is 2.33. The van der Waals surface area contributed by atoms with Crippen LogP contribution in [0.4, 0.5) is 5.69 Å². The van der Waals surface area contributed by atoms with Crippen molar-refractivity contribution < 1.29 is 0 Å². The Morgan fingerprint density at radius 1 is 1.46 bits per heavy atom. The number of nitrogens with zero attached hydrogens (tertiary/aromatic N) is 4. The third kappa shape index (κ3) is 2.94. The molecular weight excluding hydrogens is 413 g/mol. The van der Waals surface area contributed by atoms with Crippen molar-refractivity contribution in [3.05, 3.63) is 46.5 Å². The molecule has 1 aliphatic heterocycles. The first-order chi connectivity index (χ1) is 11.5. The summed E-state index contributed by atoms with van der Waals surface area (Å²) in [6.07, 6.45) is 5.48. The zero-order chi connectivity index (χ0) is 16.8. The summed E-state index contributed by atoms with van der Waals surface area (Å²) in [5, 5.41) is 10.1. The maximum atomic E-state index is 4.59. The van der Waals surface area contributed by atoms with E-state index >= 15 is 0 Å². The van der Waals surface area contributed by atoms with Crippen LogP contribution in [0.5, 0.6) is 0 Å². The number of nitrogens with one attached hydrogen (secondary N) is 1. The van der Waals surface area contributed by atoms with Gasteiger partial charge in [0.05, 0.1) is 20.5 Å². The molecule has 1 aliphatic carbocycles. The molecule has 1 aromatic carbocycles. The predicted octanol–water partition coefficient (Wildman–Crippen LogP) is 4.10. The summed E-state index contributed by atoms with van der Waals surface area (Å²) in [6, 6.07) is 6.06. The summed E-state index contributed by atoms with van der Waals surface area (Å²) < 4.78 is 2.95. The smallest absolute Gasteiger partial charge is 0.121 e. The third-order valence-corrected chi connectivity index (χ3v) is 5.53. The Labute approximate surface area is 155 Å². The van der Waals surface area contributed by atoms with E-state index in [1.165, 1.54) is 6.42 Å². The van der Waals surface area contributed by atoms with Gasteiger partial charge < -0.3 is 4.90 Å². The van der Waals surface area contributed by atoms with E-state index in [-0.39, 0.29) is 0 Å². The summed E-state index contributed by atoms with van der Waals surface area (Å²) in [6.45, 7) is 7.58. The van der Waals surface area contributed by atoms with Gasteiger partial charge in [-0.1, -0.05) is 13.5 Å². The maximum Gasteiger partial charge on any atom is 0.121 e. The van der Waals surface area contributed by atoms with Crippen LogP contribution in [-0.2, 0) is 7.05 Å².